The van der Waals surface area contributed by atoms with E-state index in [9.17, 15) is 8.42 Å². The van der Waals surface area contributed by atoms with Gasteiger partial charge in [-0.2, -0.15) is 5.26 Å². The first kappa shape index (κ1) is 11.4. The van der Waals surface area contributed by atoms with E-state index in [1.807, 2.05) is 0 Å². The molecular formula is C8H6ClNO2S2. The van der Waals surface area contributed by atoms with Gasteiger partial charge < -0.3 is 0 Å². The lowest BCUT2D eigenvalue weighted by Crippen LogP contribution is -1.98. The molecule has 0 bridgehead atoms. The van der Waals surface area contributed by atoms with Crippen LogP contribution in [0.1, 0.15) is 11.1 Å². The van der Waals surface area contributed by atoms with E-state index in [1.165, 1.54) is 6.07 Å². The Balaban J connectivity index is 3.72. The minimum atomic E-state index is -3.93. The molecule has 0 unspecified atom stereocenters. The Hall–Kier alpha value is -0.700. The van der Waals surface area contributed by atoms with Gasteiger partial charge in [0.25, 0.3) is 9.05 Å². The standard InChI is InChI=1S/C8H6ClNO2S2/c1-5-2-3-6(4-10)8(7(5)13)14(9,11)12/h2-3,13H,1H3. The normalized spacial score (nSPS) is 11.0. The molecule has 0 saturated carbocycles. The van der Waals surface area contributed by atoms with Crippen LogP contribution in [-0.2, 0) is 9.05 Å². The van der Waals surface area contributed by atoms with Crippen molar-refractivity contribution in [3.63, 3.8) is 0 Å². The van der Waals surface area contributed by atoms with Gasteiger partial charge in [-0.05, 0) is 18.6 Å². The molecule has 14 heavy (non-hydrogen) atoms. The van der Waals surface area contributed by atoms with E-state index in [-0.39, 0.29) is 15.4 Å². The number of thiol groups is 1. The molecule has 1 aromatic carbocycles. The van der Waals surface area contributed by atoms with Crippen molar-refractivity contribution < 1.29 is 8.42 Å². The zero-order valence-electron chi connectivity index (χ0n) is 7.15. The molecule has 0 aliphatic heterocycles. The number of nitrogens with zero attached hydrogens (tertiary/aromatic N) is 1. The minimum Gasteiger partial charge on any atom is -0.207 e. The van der Waals surface area contributed by atoms with Crippen molar-refractivity contribution in [1.82, 2.24) is 0 Å². The van der Waals surface area contributed by atoms with Crippen molar-refractivity contribution in [2.24, 2.45) is 0 Å². The maximum atomic E-state index is 11.2. The quantitative estimate of drug-likeness (QED) is 0.611. The van der Waals surface area contributed by atoms with E-state index in [1.54, 1.807) is 19.1 Å². The SMILES string of the molecule is Cc1ccc(C#N)c(S(=O)(=O)Cl)c1S. The summed E-state index contributed by atoms with van der Waals surface area (Å²) in [5.41, 5.74) is 0.669. The molecule has 74 valence electrons. The number of rotatable bonds is 1. The lowest BCUT2D eigenvalue weighted by atomic mass is 10.2. The summed E-state index contributed by atoms with van der Waals surface area (Å²) in [6.07, 6.45) is 0. The third kappa shape index (κ3) is 2.03. The molecule has 0 N–H and O–H groups in total. The van der Waals surface area contributed by atoms with Crippen molar-refractivity contribution in [3.8, 4) is 6.07 Å². The average molecular weight is 248 g/mol. The summed E-state index contributed by atoms with van der Waals surface area (Å²) in [5, 5.41) is 8.69. The second-order valence-electron chi connectivity index (χ2n) is 2.66. The van der Waals surface area contributed by atoms with Crippen LogP contribution in [0.3, 0.4) is 0 Å². The van der Waals surface area contributed by atoms with Crippen LogP contribution in [0.25, 0.3) is 0 Å². The van der Waals surface area contributed by atoms with Gasteiger partial charge in [0.15, 0.2) is 0 Å². The van der Waals surface area contributed by atoms with E-state index in [2.05, 4.69) is 12.6 Å². The van der Waals surface area contributed by atoms with Crippen LogP contribution in [0.2, 0.25) is 0 Å². The van der Waals surface area contributed by atoms with Crippen molar-refractivity contribution in [3.05, 3.63) is 23.3 Å². The van der Waals surface area contributed by atoms with E-state index in [4.69, 9.17) is 15.9 Å². The predicted molar refractivity (Wildman–Crippen MR) is 56.2 cm³/mol. The number of aryl methyl sites for hydroxylation is 1. The highest BCUT2D eigenvalue weighted by atomic mass is 35.7. The highest BCUT2D eigenvalue weighted by Crippen LogP contribution is 2.29. The monoisotopic (exact) mass is 247 g/mol. The fourth-order valence-electron chi connectivity index (χ4n) is 1.00. The number of benzene rings is 1. The fraction of sp³-hybridized carbons (Fsp3) is 0.125. The van der Waals surface area contributed by atoms with Crippen LogP contribution < -0.4 is 0 Å². The molecular weight excluding hydrogens is 242 g/mol. The smallest absolute Gasteiger partial charge is 0.207 e. The highest BCUT2D eigenvalue weighted by molar-refractivity contribution is 8.14. The van der Waals surface area contributed by atoms with Gasteiger partial charge in [0.1, 0.15) is 11.0 Å². The van der Waals surface area contributed by atoms with Crippen molar-refractivity contribution >= 4 is 32.4 Å². The number of hydrogen-bond donors (Lipinski definition) is 1. The first-order chi connectivity index (χ1) is 6.38. The van der Waals surface area contributed by atoms with Crippen LogP contribution in [-0.4, -0.2) is 8.42 Å². The molecule has 0 heterocycles. The fourth-order valence-corrected chi connectivity index (χ4v) is 2.97. The molecule has 0 saturated heterocycles. The summed E-state index contributed by atoms with van der Waals surface area (Å²) in [6.45, 7) is 1.69. The number of nitriles is 1. The first-order valence-electron chi connectivity index (χ1n) is 3.55. The van der Waals surface area contributed by atoms with Crippen LogP contribution in [0.15, 0.2) is 21.9 Å². The van der Waals surface area contributed by atoms with Crippen molar-refractivity contribution in [2.45, 2.75) is 16.7 Å². The zero-order chi connectivity index (χ0) is 10.9. The van der Waals surface area contributed by atoms with Gasteiger partial charge >= 0.3 is 0 Å². The molecule has 3 nitrogen and oxygen atoms in total. The second-order valence-corrected chi connectivity index (χ2v) is 5.61. The maximum absolute atomic E-state index is 11.2. The molecule has 0 atom stereocenters. The van der Waals surface area contributed by atoms with Gasteiger partial charge in [-0.25, -0.2) is 8.42 Å². The molecule has 0 amide bonds. The van der Waals surface area contributed by atoms with Gasteiger partial charge in [-0.1, -0.05) is 6.07 Å². The highest BCUT2D eigenvalue weighted by Gasteiger charge is 2.20. The van der Waals surface area contributed by atoms with E-state index >= 15 is 0 Å². The largest absolute Gasteiger partial charge is 0.263 e. The second kappa shape index (κ2) is 3.81. The number of halogens is 1. The molecule has 0 aliphatic carbocycles. The van der Waals surface area contributed by atoms with Gasteiger partial charge in [-0.3, -0.25) is 0 Å². The molecule has 0 aliphatic rings. The third-order valence-electron chi connectivity index (χ3n) is 1.70. The Kier molecular flexibility index (Phi) is 3.10. The average Bonchev–Trinajstić information content (AvgIpc) is 2.07. The Morgan fingerprint density at radius 2 is 2.07 bits per heavy atom. The van der Waals surface area contributed by atoms with Gasteiger partial charge in [-0.15, -0.1) is 12.6 Å². The maximum Gasteiger partial charge on any atom is 0.263 e. The summed E-state index contributed by atoms with van der Waals surface area (Å²) in [7, 11) is 1.27. The molecule has 0 fully saturated rings. The van der Waals surface area contributed by atoms with Crippen LogP contribution in [0, 0.1) is 18.3 Å². The van der Waals surface area contributed by atoms with Gasteiger partial charge in [0.2, 0.25) is 0 Å². The summed E-state index contributed by atoms with van der Waals surface area (Å²) >= 11 is 4.01. The molecule has 1 rings (SSSR count). The van der Waals surface area contributed by atoms with Crippen molar-refractivity contribution in [1.29, 1.82) is 5.26 Å². The summed E-state index contributed by atoms with van der Waals surface area (Å²) in [6, 6.07) is 4.78. The van der Waals surface area contributed by atoms with E-state index < -0.39 is 9.05 Å². The molecule has 0 spiro atoms. The predicted octanol–water partition coefficient (Wildman–Crippen LogP) is 2.08. The van der Waals surface area contributed by atoms with Crippen LogP contribution >= 0.6 is 23.3 Å². The lowest BCUT2D eigenvalue weighted by Gasteiger charge is -2.05. The van der Waals surface area contributed by atoms with Crippen LogP contribution in [0.5, 0.6) is 0 Å². The number of hydrogen-bond acceptors (Lipinski definition) is 4. The summed E-state index contributed by atoms with van der Waals surface area (Å²) in [5.74, 6) is 0. The molecule has 0 aromatic heterocycles. The van der Waals surface area contributed by atoms with E-state index in [0.717, 1.165) is 0 Å². The minimum absolute atomic E-state index is 0.00981. The summed E-state index contributed by atoms with van der Waals surface area (Å²) < 4.78 is 22.3. The Labute approximate surface area is 92.1 Å². The third-order valence-corrected chi connectivity index (χ3v) is 3.80. The first-order valence-corrected chi connectivity index (χ1v) is 6.31. The van der Waals surface area contributed by atoms with Gasteiger partial charge in [0.05, 0.1) is 5.56 Å². The Morgan fingerprint density at radius 3 is 2.50 bits per heavy atom. The zero-order valence-corrected chi connectivity index (χ0v) is 9.62. The Bertz CT molecular complexity index is 517. The van der Waals surface area contributed by atoms with Gasteiger partial charge in [0, 0.05) is 15.6 Å². The van der Waals surface area contributed by atoms with Crippen LogP contribution in [0.4, 0.5) is 0 Å². The summed E-state index contributed by atoms with van der Waals surface area (Å²) in [4.78, 5) is 0.00375. The molecule has 0 radical (unpaired) electrons. The molecule has 6 heteroatoms. The topological polar surface area (TPSA) is 57.9 Å². The Morgan fingerprint density at radius 1 is 1.50 bits per heavy atom. The molecule has 1 aromatic rings. The van der Waals surface area contributed by atoms with Crippen molar-refractivity contribution in [2.75, 3.05) is 0 Å². The van der Waals surface area contributed by atoms with E-state index in [0.29, 0.717) is 5.56 Å². The lowest BCUT2D eigenvalue weighted by molar-refractivity contribution is 0.607.